The van der Waals surface area contributed by atoms with E-state index in [2.05, 4.69) is 10.3 Å². The Bertz CT molecular complexity index is 691. The third-order valence-corrected chi connectivity index (χ3v) is 3.39. The van der Waals surface area contributed by atoms with E-state index in [-0.39, 0.29) is 17.9 Å². The minimum absolute atomic E-state index is 0.190. The molecular formula is C18H22FN3O2. The number of hydrogen-bond donors (Lipinski definition) is 2. The number of hydrogen-bond acceptors (Lipinski definition) is 3. The Labute approximate surface area is 141 Å². The van der Waals surface area contributed by atoms with E-state index in [9.17, 15) is 4.39 Å². The van der Waals surface area contributed by atoms with Crippen LogP contribution in [0.3, 0.4) is 0 Å². The second-order valence-electron chi connectivity index (χ2n) is 5.16. The Hall–Kier alpha value is -2.76. The molecule has 0 heterocycles. The van der Waals surface area contributed by atoms with Crippen LogP contribution in [0.5, 0.6) is 11.5 Å². The van der Waals surface area contributed by atoms with Gasteiger partial charge in [0.15, 0.2) is 5.96 Å². The molecule has 0 spiro atoms. The number of rotatable bonds is 7. The van der Waals surface area contributed by atoms with Crippen LogP contribution in [0.15, 0.2) is 53.5 Å². The smallest absolute Gasteiger partial charge is 0.193 e. The molecule has 0 fully saturated rings. The molecule has 0 saturated carbocycles. The fourth-order valence-corrected chi connectivity index (χ4v) is 2.11. The van der Waals surface area contributed by atoms with Gasteiger partial charge in [-0.3, -0.25) is 0 Å². The second-order valence-corrected chi connectivity index (χ2v) is 5.16. The number of ether oxygens (including phenoxy) is 2. The van der Waals surface area contributed by atoms with Gasteiger partial charge in [-0.2, -0.15) is 0 Å². The summed E-state index contributed by atoms with van der Waals surface area (Å²) in [7, 11) is 1.59. The summed E-state index contributed by atoms with van der Waals surface area (Å²) in [5, 5.41) is 3.00. The second kappa shape index (κ2) is 8.76. The number of benzene rings is 2. The first-order valence-corrected chi connectivity index (χ1v) is 7.74. The molecule has 2 rings (SSSR count). The Kier molecular flexibility index (Phi) is 6.42. The quantitative estimate of drug-likeness (QED) is 0.602. The highest BCUT2D eigenvalue weighted by molar-refractivity contribution is 5.93. The molecule has 0 bridgehead atoms. The lowest BCUT2D eigenvalue weighted by Gasteiger charge is -2.16. The summed E-state index contributed by atoms with van der Waals surface area (Å²) in [5.74, 6) is 1.09. The van der Waals surface area contributed by atoms with Crippen molar-refractivity contribution in [3.63, 3.8) is 0 Å². The SMILES string of the molecule is CCC(CN=C(N)Nc1ccccc1OC)Oc1cccc(F)c1. The standard InChI is InChI=1S/C18H22FN3O2/c1-3-14(24-15-8-6-7-13(19)11-15)12-21-18(20)22-16-9-4-5-10-17(16)23-2/h4-11,14H,3,12H2,1-2H3,(H3,20,21,22). The van der Waals surface area contributed by atoms with Crippen LogP contribution in [0.4, 0.5) is 10.1 Å². The Morgan fingerprint density at radius 2 is 2.04 bits per heavy atom. The summed E-state index contributed by atoms with van der Waals surface area (Å²) in [6.07, 6.45) is 0.534. The van der Waals surface area contributed by atoms with E-state index in [1.165, 1.54) is 12.1 Å². The molecule has 24 heavy (non-hydrogen) atoms. The molecule has 5 nitrogen and oxygen atoms in total. The fraction of sp³-hybridized carbons (Fsp3) is 0.278. The zero-order chi connectivity index (χ0) is 17.4. The largest absolute Gasteiger partial charge is 0.495 e. The van der Waals surface area contributed by atoms with E-state index in [0.717, 1.165) is 12.1 Å². The zero-order valence-electron chi connectivity index (χ0n) is 13.8. The Balaban J connectivity index is 1.96. The van der Waals surface area contributed by atoms with Gasteiger partial charge in [-0.25, -0.2) is 9.38 Å². The average molecular weight is 331 g/mol. The number of methoxy groups -OCH3 is 1. The van der Waals surface area contributed by atoms with E-state index in [4.69, 9.17) is 15.2 Å². The van der Waals surface area contributed by atoms with Gasteiger partial charge in [0.25, 0.3) is 0 Å². The fourth-order valence-electron chi connectivity index (χ4n) is 2.11. The van der Waals surface area contributed by atoms with Gasteiger partial charge in [-0.1, -0.05) is 25.1 Å². The van der Waals surface area contributed by atoms with Gasteiger partial charge in [-0.05, 0) is 30.7 Å². The van der Waals surface area contributed by atoms with Gasteiger partial charge in [-0.15, -0.1) is 0 Å². The molecule has 0 amide bonds. The van der Waals surface area contributed by atoms with E-state index >= 15 is 0 Å². The van der Waals surface area contributed by atoms with Crippen molar-refractivity contribution in [3.05, 3.63) is 54.3 Å². The van der Waals surface area contributed by atoms with Crippen LogP contribution in [0, 0.1) is 5.82 Å². The van der Waals surface area contributed by atoms with E-state index < -0.39 is 0 Å². The number of aliphatic imine (C=N–C) groups is 1. The van der Waals surface area contributed by atoms with Crippen LogP contribution >= 0.6 is 0 Å². The minimum atomic E-state index is -0.330. The molecule has 0 saturated heterocycles. The maximum Gasteiger partial charge on any atom is 0.193 e. The topological polar surface area (TPSA) is 68.9 Å². The van der Waals surface area contributed by atoms with Crippen molar-refractivity contribution in [2.75, 3.05) is 19.0 Å². The lowest BCUT2D eigenvalue weighted by atomic mass is 10.2. The maximum atomic E-state index is 13.2. The molecule has 0 aliphatic heterocycles. The highest BCUT2D eigenvalue weighted by Gasteiger charge is 2.09. The van der Waals surface area contributed by atoms with Gasteiger partial charge in [0.2, 0.25) is 0 Å². The lowest BCUT2D eigenvalue weighted by Crippen LogP contribution is -2.26. The minimum Gasteiger partial charge on any atom is -0.495 e. The lowest BCUT2D eigenvalue weighted by molar-refractivity contribution is 0.205. The van der Waals surface area contributed by atoms with Gasteiger partial charge >= 0.3 is 0 Å². The Morgan fingerprint density at radius 3 is 2.75 bits per heavy atom. The molecule has 2 aromatic rings. The number of nitrogens with zero attached hydrogens (tertiary/aromatic N) is 1. The maximum absolute atomic E-state index is 13.2. The molecule has 2 aromatic carbocycles. The van der Waals surface area contributed by atoms with Crippen molar-refractivity contribution < 1.29 is 13.9 Å². The summed E-state index contributed by atoms with van der Waals surface area (Å²) in [5.41, 5.74) is 6.65. The first-order valence-electron chi connectivity index (χ1n) is 7.74. The Morgan fingerprint density at radius 1 is 1.25 bits per heavy atom. The van der Waals surface area contributed by atoms with Crippen molar-refractivity contribution >= 4 is 11.6 Å². The monoisotopic (exact) mass is 331 g/mol. The molecule has 1 atom stereocenters. The summed E-state index contributed by atoms with van der Waals surface area (Å²) in [4.78, 5) is 4.29. The summed E-state index contributed by atoms with van der Waals surface area (Å²) < 4.78 is 24.2. The summed E-state index contributed by atoms with van der Waals surface area (Å²) in [6.45, 7) is 2.34. The third kappa shape index (κ3) is 5.15. The predicted molar refractivity (Wildman–Crippen MR) is 94.2 cm³/mol. The molecule has 0 aliphatic carbocycles. The number of guanidine groups is 1. The van der Waals surface area contributed by atoms with E-state index in [1.54, 1.807) is 19.2 Å². The highest BCUT2D eigenvalue weighted by Crippen LogP contribution is 2.22. The van der Waals surface area contributed by atoms with Crippen molar-refractivity contribution in [2.24, 2.45) is 10.7 Å². The van der Waals surface area contributed by atoms with Crippen molar-refractivity contribution in [3.8, 4) is 11.5 Å². The molecule has 0 aromatic heterocycles. The normalized spacial score (nSPS) is 12.5. The van der Waals surface area contributed by atoms with Crippen LogP contribution in [-0.2, 0) is 0 Å². The average Bonchev–Trinajstić information content (AvgIpc) is 2.59. The number of halogens is 1. The molecular weight excluding hydrogens is 309 g/mol. The number of para-hydroxylation sites is 2. The summed E-state index contributed by atoms with van der Waals surface area (Å²) >= 11 is 0. The summed E-state index contributed by atoms with van der Waals surface area (Å²) in [6, 6.07) is 13.5. The molecule has 128 valence electrons. The van der Waals surface area contributed by atoms with Crippen LogP contribution in [-0.4, -0.2) is 25.7 Å². The van der Waals surface area contributed by atoms with Gasteiger partial charge in [0.05, 0.1) is 19.3 Å². The highest BCUT2D eigenvalue weighted by atomic mass is 19.1. The molecule has 6 heteroatoms. The number of nitrogens with two attached hydrogens (primary N) is 1. The van der Waals surface area contributed by atoms with E-state index in [0.29, 0.717) is 18.0 Å². The van der Waals surface area contributed by atoms with Crippen LogP contribution in [0.25, 0.3) is 0 Å². The number of nitrogens with one attached hydrogen (secondary N) is 1. The van der Waals surface area contributed by atoms with Gasteiger partial charge in [0.1, 0.15) is 23.4 Å². The van der Waals surface area contributed by atoms with Crippen molar-refractivity contribution in [1.29, 1.82) is 0 Å². The zero-order valence-corrected chi connectivity index (χ0v) is 13.8. The molecule has 3 N–H and O–H groups in total. The van der Waals surface area contributed by atoms with Gasteiger partial charge < -0.3 is 20.5 Å². The molecule has 0 radical (unpaired) electrons. The predicted octanol–water partition coefficient (Wildman–Crippen LogP) is 3.42. The molecule has 1 unspecified atom stereocenters. The molecule has 0 aliphatic rings. The van der Waals surface area contributed by atoms with Crippen molar-refractivity contribution in [1.82, 2.24) is 0 Å². The van der Waals surface area contributed by atoms with Crippen LogP contribution in [0.2, 0.25) is 0 Å². The third-order valence-electron chi connectivity index (χ3n) is 3.39. The first-order chi connectivity index (χ1) is 11.6. The van der Waals surface area contributed by atoms with Gasteiger partial charge in [0, 0.05) is 6.07 Å². The first kappa shape index (κ1) is 17.6. The van der Waals surface area contributed by atoms with Crippen LogP contribution in [0.1, 0.15) is 13.3 Å². The number of anilines is 1. The van der Waals surface area contributed by atoms with E-state index in [1.807, 2.05) is 31.2 Å². The van der Waals surface area contributed by atoms with Crippen LogP contribution < -0.4 is 20.5 Å². The van der Waals surface area contributed by atoms with Crippen molar-refractivity contribution in [2.45, 2.75) is 19.4 Å².